The van der Waals surface area contributed by atoms with Gasteiger partial charge in [-0.3, -0.25) is 14.5 Å². The van der Waals surface area contributed by atoms with Crippen LogP contribution >= 0.6 is 0 Å². The molecule has 1 aliphatic rings. The van der Waals surface area contributed by atoms with E-state index in [4.69, 9.17) is 4.42 Å². The Hall–Kier alpha value is -2.70. The van der Waals surface area contributed by atoms with Gasteiger partial charge in [0, 0.05) is 24.5 Å². The zero-order chi connectivity index (χ0) is 18.2. The number of aromatic nitrogens is 2. The van der Waals surface area contributed by atoms with Gasteiger partial charge in [-0.15, -0.1) is 0 Å². The van der Waals surface area contributed by atoms with Gasteiger partial charge in [-0.1, -0.05) is 20.8 Å². The molecule has 0 bridgehead atoms. The van der Waals surface area contributed by atoms with Crippen molar-refractivity contribution < 1.29 is 14.0 Å². The van der Waals surface area contributed by atoms with Crippen molar-refractivity contribution in [2.75, 3.05) is 16.8 Å². The topological polar surface area (TPSA) is 88.3 Å². The maximum Gasteiger partial charge on any atom is 0.244 e. The minimum absolute atomic E-state index is 0.0271. The van der Waals surface area contributed by atoms with Crippen molar-refractivity contribution in [3.05, 3.63) is 35.7 Å². The number of carbonyl (C=O) groups is 2. The molecule has 132 valence electrons. The Morgan fingerprint density at radius 2 is 2.08 bits per heavy atom. The highest BCUT2D eigenvalue weighted by Gasteiger charge is 2.28. The number of anilines is 2. The summed E-state index contributed by atoms with van der Waals surface area (Å²) in [6.07, 6.45) is 3.97. The van der Waals surface area contributed by atoms with E-state index in [1.165, 1.54) is 4.90 Å². The van der Waals surface area contributed by atoms with E-state index in [2.05, 4.69) is 15.3 Å². The molecule has 0 saturated heterocycles. The first kappa shape index (κ1) is 17.1. The van der Waals surface area contributed by atoms with Crippen LogP contribution in [0.4, 0.5) is 11.5 Å². The van der Waals surface area contributed by atoms with Crippen LogP contribution in [0.25, 0.3) is 0 Å². The van der Waals surface area contributed by atoms with Crippen LogP contribution in [0.1, 0.15) is 44.4 Å². The van der Waals surface area contributed by atoms with Crippen LogP contribution in [0.2, 0.25) is 0 Å². The molecule has 7 nitrogen and oxygen atoms in total. The molecule has 1 N–H and O–H groups in total. The summed E-state index contributed by atoms with van der Waals surface area (Å²) in [6, 6.07) is 1.81. The number of rotatable bonds is 3. The lowest BCUT2D eigenvalue weighted by atomic mass is 9.94. The molecule has 0 saturated carbocycles. The zero-order valence-corrected chi connectivity index (χ0v) is 14.9. The smallest absolute Gasteiger partial charge is 0.244 e. The Morgan fingerprint density at radius 3 is 2.76 bits per heavy atom. The molecule has 3 heterocycles. The minimum atomic E-state index is -0.223. The predicted molar refractivity (Wildman–Crippen MR) is 93.5 cm³/mol. The van der Waals surface area contributed by atoms with Crippen molar-refractivity contribution in [2.24, 2.45) is 0 Å². The van der Waals surface area contributed by atoms with Crippen LogP contribution in [0.15, 0.2) is 22.9 Å². The number of hydrogen-bond donors (Lipinski definition) is 1. The molecule has 0 spiro atoms. The Labute approximate surface area is 146 Å². The first-order valence-corrected chi connectivity index (χ1v) is 8.26. The second kappa shape index (κ2) is 6.31. The highest BCUT2D eigenvalue weighted by atomic mass is 16.4. The highest BCUT2D eigenvalue weighted by molar-refractivity contribution is 6.08. The number of nitrogens with zero attached hydrogens (tertiary/aromatic N) is 3. The molecule has 7 heteroatoms. The van der Waals surface area contributed by atoms with Crippen LogP contribution in [-0.2, 0) is 21.4 Å². The quantitative estimate of drug-likeness (QED) is 0.926. The fraction of sp³-hybridized carbons (Fsp3) is 0.444. The van der Waals surface area contributed by atoms with Gasteiger partial charge < -0.3 is 9.73 Å². The molecule has 0 aromatic carbocycles. The van der Waals surface area contributed by atoms with E-state index in [0.717, 1.165) is 11.3 Å². The van der Waals surface area contributed by atoms with Crippen molar-refractivity contribution in [1.82, 2.24) is 9.97 Å². The summed E-state index contributed by atoms with van der Waals surface area (Å²) in [7, 11) is 0. The van der Waals surface area contributed by atoms with Crippen molar-refractivity contribution in [1.29, 1.82) is 0 Å². The van der Waals surface area contributed by atoms with Crippen molar-refractivity contribution >= 4 is 23.3 Å². The van der Waals surface area contributed by atoms with E-state index < -0.39 is 0 Å². The van der Waals surface area contributed by atoms with Crippen LogP contribution in [0.5, 0.6) is 0 Å². The Kier molecular flexibility index (Phi) is 4.32. The monoisotopic (exact) mass is 342 g/mol. The summed E-state index contributed by atoms with van der Waals surface area (Å²) in [4.78, 5) is 34.4. The summed E-state index contributed by atoms with van der Waals surface area (Å²) in [5, 5.41) is 2.75. The average molecular weight is 342 g/mol. The number of fused-ring (bicyclic) bond motifs is 1. The van der Waals surface area contributed by atoms with Gasteiger partial charge in [0.2, 0.25) is 11.8 Å². The third-order valence-corrected chi connectivity index (χ3v) is 3.98. The molecule has 1 aliphatic heterocycles. The third-order valence-electron chi connectivity index (χ3n) is 3.98. The van der Waals surface area contributed by atoms with E-state index in [1.54, 1.807) is 12.4 Å². The molecule has 2 aromatic heterocycles. The van der Waals surface area contributed by atoms with Gasteiger partial charge >= 0.3 is 0 Å². The summed E-state index contributed by atoms with van der Waals surface area (Å²) in [5.41, 5.74) is 1.36. The molecule has 0 radical (unpaired) electrons. The number of nitrogens with one attached hydrogen (secondary N) is 1. The van der Waals surface area contributed by atoms with E-state index in [-0.39, 0.29) is 30.2 Å². The van der Waals surface area contributed by atoms with Gasteiger partial charge in [0.05, 0.1) is 11.9 Å². The maximum atomic E-state index is 12.6. The molecule has 2 amide bonds. The number of aryl methyl sites for hydroxylation is 2. The number of amides is 2. The van der Waals surface area contributed by atoms with Gasteiger partial charge in [0.25, 0.3) is 0 Å². The minimum Gasteiger partial charge on any atom is -0.445 e. The lowest BCUT2D eigenvalue weighted by molar-refractivity contribution is -0.122. The lowest BCUT2D eigenvalue weighted by Gasteiger charge is -2.28. The zero-order valence-electron chi connectivity index (χ0n) is 14.9. The van der Waals surface area contributed by atoms with Crippen LogP contribution in [0, 0.1) is 6.92 Å². The molecular weight excluding hydrogens is 320 g/mol. The molecule has 0 atom stereocenters. The number of oxazole rings is 1. The van der Waals surface area contributed by atoms with Gasteiger partial charge in [0.1, 0.15) is 12.3 Å². The van der Waals surface area contributed by atoms with Gasteiger partial charge in [-0.2, -0.15) is 0 Å². The van der Waals surface area contributed by atoms with Crippen LogP contribution in [-0.4, -0.2) is 28.3 Å². The molecule has 3 rings (SSSR count). The molecule has 0 unspecified atom stereocenters. The standard InChI is InChI=1S/C18H22N4O3/c1-11-7-12-17(20-8-11)22(10-14(23)21-12)16(24)6-5-15-19-9-13(25-15)18(2,3)4/h7-9H,5-6,10H2,1-4H3,(H,21,23). The maximum absolute atomic E-state index is 12.6. The number of carbonyl (C=O) groups excluding carboxylic acids is 2. The Balaban J connectivity index is 1.72. The second-order valence-electron chi connectivity index (χ2n) is 7.28. The molecule has 25 heavy (non-hydrogen) atoms. The highest BCUT2D eigenvalue weighted by Crippen LogP contribution is 2.28. The SMILES string of the molecule is Cc1cnc2c(c1)NC(=O)CN2C(=O)CCc1ncc(C(C)(C)C)o1. The lowest BCUT2D eigenvalue weighted by Crippen LogP contribution is -2.42. The summed E-state index contributed by atoms with van der Waals surface area (Å²) < 4.78 is 5.72. The second-order valence-corrected chi connectivity index (χ2v) is 7.28. The fourth-order valence-corrected chi connectivity index (χ4v) is 2.60. The first-order valence-electron chi connectivity index (χ1n) is 8.26. The summed E-state index contributed by atoms with van der Waals surface area (Å²) in [5.74, 6) is 1.40. The van der Waals surface area contributed by atoms with Crippen molar-refractivity contribution in [2.45, 2.75) is 46.0 Å². The van der Waals surface area contributed by atoms with Crippen LogP contribution < -0.4 is 10.2 Å². The fourth-order valence-electron chi connectivity index (χ4n) is 2.60. The third kappa shape index (κ3) is 3.70. The van der Waals surface area contributed by atoms with E-state index in [1.807, 2.05) is 33.8 Å². The van der Waals surface area contributed by atoms with E-state index >= 15 is 0 Å². The van der Waals surface area contributed by atoms with Gasteiger partial charge in [0.15, 0.2) is 11.7 Å². The predicted octanol–water partition coefficient (Wildman–Crippen LogP) is 2.59. The normalized spacial score (nSPS) is 14.2. The summed E-state index contributed by atoms with van der Waals surface area (Å²) >= 11 is 0. The van der Waals surface area contributed by atoms with Gasteiger partial charge in [-0.05, 0) is 18.6 Å². The molecule has 0 aliphatic carbocycles. The summed E-state index contributed by atoms with van der Waals surface area (Å²) in [6.45, 7) is 7.98. The van der Waals surface area contributed by atoms with Crippen molar-refractivity contribution in [3.63, 3.8) is 0 Å². The Morgan fingerprint density at radius 1 is 1.32 bits per heavy atom. The Bertz CT molecular complexity index is 820. The first-order chi connectivity index (χ1) is 11.7. The average Bonchev–Trinajstić information content (AvgIpc) is 3.00. The molecule has 2 aromatic rings. The van der Waals surface area contributed by atoms with Crippen LogP contribution in [0.3, 0.4) is 0 Å². The van der Waals surface area contributed by atoms with Crippen molar-refractivity contribution in [3.8, 4) is 0 Å². The number of hydrogen-bond acceptors (Lipinski definition) is 5. The van der Waals surface area contributed by atoms with Gasteiger partial charge in [-0.25, -0.2) is 9.97 Å². The molecule has 0 fully saturated rings. The van der Waals surface area contributed by atoms with E-state index in [0.29, 0.717) is 23.8 Å². The van der Waals surface area contributed by atoms with E-state index in [9.17, 15) is 9.59 Å². The number of pyridine rings is 1. The molecular formula is C18H22N4O3. The largest absolute Gasteiger partial charge is 0.445 e.